The Morgan fingerprint density at radius 3 is 3.21 bits per heavy atom. The maximum atomic E-state index is 4.33. The van der Waals surface area contributed by atoms with E-state index in [1.165, 1.54) is 12.1 Å². The smallest absolute Gasteiger partial charge is 0.0492 e. The second-order valence-electron chi connectivity index (χ2n) is 4.15. The molecule has 0 amide bonds. The van der Waals surface area contributed by atoms with Gasteiger partial charge in [-0.3, -0.25) is 4.68 Å². The molecule has 0 aliphatic carbocycles. The Balaban J connectivity index is 2.20. The maximum absolute atomic E-state index is 4.33. The number of nitrogens with one attached hydrogen (secondary N) is 1. The molecule has 14 heavy (non-hydrogen) atoms. The Hall–Kier alpha value is -0.830. The van der Waals surface area contributed by atoms with E-state index in [0.29, 0.717) is 5.92 Å². The average Bonchev–Trinajstić information content (AvgIpc) is 2.66. The van der Waals surface area contributed by atoms with E-state index < -0.39 is 0 Å². The highest BCUT2D eigenvalue weighted by Gasteiger charge is 2.24. The zero-order valence-electron chi connectivity index (χ0n) is 9.03. The van der Waals surface area contributed by atoms with E-state index in [0.717, 1.165) is 25.6 Å². The molecule has 0 bridgehead atoms. The molecular formula is C11H19N3. The van der Waals surface area contributed by atoms with Gasteiger partial charge in [-0.15, -0.1) is 0 Å². The van der Waals surface area contributed by atoms with Gasteiger partial charge in [0, 0.05) is 30.9 Å². The molecule has 1 aromatic rings. The molecule has 0 spiro atoms. The summed E-state index contributed by atoms with van der Waals surface area (Å²) in [6.07, 6.45) is 3.19. The molecule has 2 heterocycles. The first-order chi connectivity index (χ1) is 6.83. The minimum Gasteiger partial charge on any atom is -0.316 e. The minimum atomic E-state index is 0.645. The molecule has 0 saturated carbocycles. The number of aromatic nitrogens is 2. The second kappa shape index (κ2) is 4.13. The predicted molar refractivity (Wildman–Crippen MR) is 57.3 cm³/mol. The van der Waals surface area contributed by atoms with Crippen LogP contribution in [0.15, 0.2) is 12.3 Å². The summed E-state index contributed by atoms with van der Waals surface area (Å²) < 4.78 is 2.12. The van der Waals surface area contributed by atoms with Gasteiger partial charge in [0.2, 0.25) is 0 Å². The van der Waals surface area contributed by atoms with Crippen LogP contribution < -0.4 is 5.32 Å². The van der Waals surface area contributed by atoms with Crippen LogP contribution in [0.5, 0.6) is 0 Å². The zero-order valence-corrected chi connectivity index (χ0v) is 9.03. The first kappa shape index (κ1) is 9.71. The van der Waals surface area contributed by atoms with Gasteiger partial charge in [0.25, 0.3) is 0 Å². The Kier molecular flexibility index (Phi) is 2.87. The van der Waals surface area contributed by atoms with Crippen molar-refractivity contribution >= 4 is 0 Å². The highest BCUT2D eigenvalue weighted by atomic mass is 15.3. The molecule has 0 aromatic carbocycles. The summed E-state index contributed by atoms with van der Waals surface area (Å²) in [6, 6.07) is 2.16. The van der Waals surface area contributed by atoms with Gasteiger partial charge in [-0.05, 0) is 31.9 Å². The molecule has 78 valence electrons. The zero-order chi connectivity index (χ0) is 9.97. The normalized spacial score (nSPS) is 27.9. The first-order valence-electron chi connectivity index (χ1n) is 5.55. The molecular weight excluding hydrogens is 174 g/mol. The molecule has 1 aromatic heterocycles. The van der Waals surface area contributed by atoms with Gasteiger partial charge in [-0.1, -0.05) is 6.92 Å². The average molecular weight is 193 g/mol. The van der Waals surface area contributed by atoms with Gasteiger partial charge in [-0.2, -0.15) is 5.10 Å². The van der Waals surface area contributed by atoms with Crippen LogP contribution in [0, 0.1) is 5.92 Å². The van der Waals surface area contributed by atoms with Crippen molar-refractivity contribution in [1.29, 1.82) is 0 Å². The molecule has 2 unspecified atom stereocenters. The number of nitrogens with zero attached hydrogens (tertiary/aromatic N) is 2. The number of piperidine rings is 1. The highest BCUT2D eigenvalue weighted by molar-refractivity contribution is 5.11. The van der Waals surface area contributed by atoms with Crippen LogP contribution >= 0.6 is 0 Å². The lowest BCUT2D eigenvalue weighted by Crippen LogP contribution is -2.34. The van der Waals surface area contributed by atoms with Crippen molar-refractivity contribution in [2.45, 2.75) is 32.7 Å². The van der Waals surface area contributed by atoms with Crippen LogP contribution in [-0.4, -0.2) is 22.9 Å². The third kappa shape index (κ3) is 1.69. The number of aryl methyl sites for hydroxylation is 1. The van der Waals surface area contributed by atoms with Crippen molar-refractivity contribution in [2.75, 3.05) is 13.1 Å². The van der Waals surface area contributed by atoms with Gasteiger partial charge in [0.15, 0.2) is 0 Å². The summed E-state index contributed by atoms with van der Waals surface area (Å²) in [5, 5.41) is 7.80. The van der Waals surface area contributed by atoms with E-state index in [-0.39, 0.29) is 0 Å². The van der Waals surface area contributed by atoms with E-state index >= 15 is 0 Å². The summed E-state index contributed by atoms with van der Waals surface area (Å²) in [4.78, 5) is 0. The lowest BCUT2D eigenvalue weighted by Gasteiger charge is -2.29. The van der Waals surface area contributed by atoms with Gasteiger partial charge in [-0.25, -0.2) is 0 Å². The molecule has 1 aliphatic heterocycles. The third-order valence-corrected chi connectivity index (χ3v) is 3.26. The molecule has 1 fully saturated rings. The van der Waals surface area contributed by atoms with Gasteiger partial charge < -0.3 is 5.32 Å². The van der Waals surface area contributed by atoms with E-state index in [4.69, 9.17) is 0 Å². The van der Waals surface area contributed by atoms with E-state index in [2.05, 4.69) is 35.0 Å². The molecule has 2 rings (SSSR count). The first-order valence-corrected chi connectivity index (χ1v) is 5.55. The predicted octanol–water partition coefficient (Wildman–Crippen LogP) is 1.62. The third-order valence-electron chi connectivity index (χ3n) is 3.26. The Labute approximate surface area is 85.5 Å². The van der Waals surface area contributed by atoms with Crippen molar-refractivity contribution in [2.24, 2.45) is 5.92 Å². The van der Waals surface area contributed by atoms with Crippen LogP contribution in [0.1, 0.15) is 31.9 Å². The molecule has 2 atom stereocenters. The van der Waals surface area contributed by atoms with E-state index in [1.54, 1.807) is 0 Å². The highest BCUT2D eigenvalue weighted by Crippen LogP contribution is 2.28. The molecule has 1 N–H and O–H groups in total. The van der Waals surface area contributed by atoms with Crippen molar-refractivity contribution in [3.05, 3.63) is 18.0 Å². The molecule has 3 heteroatoms. The number of rotatable bonds is 2. The number of hydrogen-bond donors (Lipinski definition) is 1. The van der Waals surface area contributed by atoms with Crippen molar-refractivity contribution in [3.63, 3.8) is 0 Å². The topological polar surface area (TPSA) is 29.9 Å². The lowest BCUT2D eigenvalue weighted by atomic mass is 9.85. The fourth-order valence-electron chi connectivity index (χ4n) is 2.31. The quantitative estimate of drug-likeness (QED) is 0.773. The van der Waals surface area contributed by atoms with Gasteiger partial charge >= 0.3 is 0 Å². The summed E-state index contributed by atoms with van der Waals surface area (Å²) in [6.45, 7) is 7.74. The Morgan fingerprint density at radius 2 is 2.50 bits per heavy atom. The van der Waals surface area contributed by atoms with E-state index in [1.807, 2.05) is 6.20 Å². The van der Waals surface area contributed by atoms with Gasteiger partial charge in [0.05, 0.1) is 0 Å². The van der Waals surface area contributed by atoms with Crippen LogP contribution in [0.2, 0.25) is 0 Å². The van der Waals surface area contributed by atoms with Crippen LogP contribution in [0.25, 0.3) is 0 Å². The summed E-state index contributed by atoms with van der Waals surface area (Å²) >= 11 is 0. The van der Waals surface area contributed by atoms with Crippen LogP contribution in [0.4, 0.5) is 0 Å². The van der Waals surface area contributed by atoms with Crippen molar-refractivity contribution < 1.29 is 0 Å². The Morgan fingerprint density at radius 1 is 1.64 bits per heavy atom. The SMILES string of the molecule is CCn1nccc1C1CNCCC1C. The molecule has 0 radical (unpaired) electrons. The summed E-state index contributed by atoms with van der Waals surface area (Å²) in [5.41, 5.74) is 1.40. The Bertz CT molecular complexity index is 292. The molecule has 3 nitrogen and oxygen atoms in total. The van der Waals surface area contributed by atoms with E-state index in [9.17, 15) is 0 Å². The maximum Gasteiger partial charge on any atom is 0.0492 e. The van der Waals surface area contributed by atoms with Crippen molar-refractivity contribution in [3.8, 4) is 0 Å². The summed E-state index contributed by atoms with van der Waals surface area (Å²) in [5.74, 6) is 1.42. The fourth-order valence-corrected chi connectivity index (χ4v) is 2.31. The molecule has 1 saturated heterocycles. The molecule has 1 aliphatic rings. The van der Waals surface area contributed by atoms with Gasteiger partial charge in [0.1, 0.15) is 0 Å². The monoisotopic (exact) mass is 193 g/mol. The van der Waals surface area contributed by atoms with Crippen molar-refractivity contribution in [1.82, 2.24) is 15.1 Å². The summed E-state index contributed by atoms with van der Waals surface area (Å²) in [7, 11) is 0. The minimum absolute atomic E-state index is 0.645. The lowest BCUT2D eigenvalue weighted by molar-refractivity contribution is 0.332. The van der Waals surface area contributed by atoms with Crippen LogP contribution in [-0.2, 0) is 6.54 Å². The second-order valence-corrected chi connectivity index (χ2v) is 4.15. The fraction of sp³-hybridized carbons (Fsp3) is 0.727. The largest absolute Gasteiger partial charge is 0.316 e. The number of hydrogen-bond acceptors (Lipinski definition) is 2. The van der Waals surface area contributed by atoms with Crippen LogP contribution in [0.3, 0.4) is 0 Å². The standard InChI is InChI=1S/C11H19N3/c1-3-14-11(5-7-13-14)10-8-12-6-4-9(10)2/h5,7,9-10,12H,3-4,6,8H2,1-2H3.